The smallest absolute Gasteiger partial charge is 0.239 e. The normalized spacial score (nSPS) is 21.4. The van der Waals surface area contributed by atoms with Crippen LogP contribution in [0.4, 0.5) is 0 Å². The average Bonchev–Trinajstić information content (AvgIpc) is 2.52. The van der Waals surface area contributed by atoms with Crippen molar-refractivity contribution in [1.82, 2.24) is 4.90 Å². The number of hydrogen-bond acceptors (Lipinski definition) is 2. The molecule has 17 heavy (non-hydrogen) atoms. The predicted octanol–water partition coefficient (Wildman–Crippen LogP) is 1.57. The van der Waals surface area contributed by atoms with Crippen LogP contribution < -0.4 is 5.73 Å². The van der Waals surface area contributed by atoms with Crippen LogP contribution in [-0.4, -0.2) is 29.9 Å². The van der Waals surface area contributed by atoms with Gasteiger partial charge in [-0.1, -0.05) is 30.3 Å². The first-order valence-corrected chi connectivity index (χ1v) is 6.35. The van der Waals surface area contributed by atoms with Gasteiger partial charge >= 0.3 is 0 Å². The summed E-state index contributed by atoms with van der Waals surface area (Å²) >= 11 is 0. The van der Waals surface area contributed by atoms with Gasteiger partial charge in [-0.2, -0.15) is 0 Å². The molecule has 1 aromatic carbocycles. The Labute approximate surface area is 103 Å². The van der Waals surface area contributed by atoms with Crippen LogP contribution in [0.1, 0.15) is 24.8 Å². The zero-order chi connectivity index (χ0) is 12.1. The molecule has 0 spiro atoms. The number of carbonyl (C=O) groups excluding carboxylic acids is 1. The molecule has 1 aliphatic rings. The quantitative estimate of drug-likeness (QED) is 0.860. The molecule has 0 bridgehead atoms. The summed E-state index contributed by atoms with van der Waals surface area (Å²) in [5.74, 6) is 0.124. The van der Waals surface area contributed by atoms with Gasteiger partial charge in [0.05, 0.1) is 6.04 Å². The lowest BCUT2D eigenvalue weighted by Crippen LogP contribution is -2.43. The molecule has 1 fully saturated rings. The molecule has 1 amide bonds. The third kappa shape index (κ3) is 3.30. The van der Waals surface area contributed by atoms with Crippen molar-refractivity contribution in [1.29, 1.82) is 0 Å². The average molecular weight is 232 g/mol. The van der Waals surface area contributed by atoms with Crippen LogP contribution in [0, 0.1) is 0 Å². The van der Waals surface area contributed by atoms with Gasteiger partial charge in [0.25, 0.3) is 0 Å². The van der Waals surface area contributed by atoms with Crippen molar-refractivity contribution in [3.05, 3.63) is 35.9 Å². The van der Waals surface area contributed by atoms with Crippen LogP contribution in [-0.2, 0) is 11.2 Å². The lowest BCUT2D eigenvalue weighted by atomic mass is 10.1. The van der Waals surface area contributed by atoms with E-state index in [0.29, 0.717) is 0 Å². The molecule has 0 aliphatic carbocycles. The molecule has 1 aliphatic heterocycles. The van der Waals surface area contributed by atoms with E-state index in [4.69, 9.17) is 5.73 Å². The first-order chi connectivity index (χ1) is 8.27. The lowest BCUT2D eigenvalue weighted by molar-refractivity contribution is -0.132. The van der Waals surface area contributed by atoms with Gasteiger partial charge in [-0.15, -0.1) is 0 Å². The fourth-order valence-electron chi connectivity index (χ4n) is 2.27. The fraction of sp³-hybridized carbons (Fsp3) is 0.500. The highest BCUT2D eigenvalue weighted by Crippen LogP contribution is 2.11. The summed E-state index contributed by atoms with van der Waals surface area (Å²) in [6.07, 6.45) is 3.89. The van der Waals surface area contributed by atoms with Crippen LogP contribution in [0.3, 0.4) is 0 Å². The number of benzene rings is 1. The highest BCUT2D eigenvalue weighted by molar-refractivity contribution is 5.81. The summed E-state index contributed by atoms with van der Waals surface area (Å²) in [5.41, 5.74) is 7.12. The molecule has 3 heteroatoms. The van der Waals surface area contributed by atoms with Crippen molar-refractivity contribution in [2.24, 2.45) is 5.73 Å². The highest BCUT2D eigenvalue weighted by atomic mass is 16.2. The zero-order valence-corrected chi connectivity index (χ0v) is 10.1. The van der Waals surface area contributed by atoms with Crippen molar-refractivity contribution in [2.75, 3.05) is 13.1 Å². The van der Waals surface area contributed by atoms with Crippen molar-refractivity contribution >= 4 is 5.91 Å². The SMILES string of the molecule is N[C@@H]1CCCCN(CCc2ccccc2)C1=O. The van der Waals surface area contributed by atoms with E-state index in [-0.39, 0.29) is 11.9 Å². The Hall–Kier alpha value is -1.35. The van der Waals surface area contributed by atoms with Crippen LogP contribution in [0.5, 0.6) is 0 Å². The standard InChI is InChI=1S/C14H20N2O/c15-13-8-4-5-10-16(14(13)17)11-9-12-6-2-1-3-7-12/h1-3,6-7,13H,4-5,8-11,15H2/t13-/m1/s1. The third-order valence-electron chi connectivity index (χ3n) is 3.34. The molecule has 3 nitrogen and oxygen atoms in total. The molecular weight excluding hydrogens is 212 g/mol. The molecule has 2 rings (SSSR count). The molecule has 1 saturated heterocycles. The van der Waals surface area contributed by atoms with E-state index >= 15 is 0 Å². The van der Waals surface area contributed by atoms with Gasteiger partial charge in [-0.05, 0) is 31.2 Å². The minimum atomic E-state index is -0.284. The maximum absolute atomic E-state index is 12.0. The number of hydrogen-bond donors (Lipinski definition) is 1. The summed E-state index contributed by atoms with van der Waals surface area (Å²) in [5, 5.41) is 0. The van der Waals surface area contributed by atoms with E-state index in [1.807, 2.05) is 23.1 Å². The molecule has 0 unspecified atom stereocenters. The van der Waals surface area contributed by atoms with Crippen LogP contribution in [0.25, 0.3) is 0 Å². The van der Waals surface area contributed by atoms with E-state index in [9.17, 15) is 4.79 Å². The molecular formula is C14H20N2O. The fourth-order valence-corrected chi connectivity index (χ4v) is 2.27. The summed E-state index contributed by atoms with van der Waals surface area (Å²) in [6.45, 7) is 1.65. The second kappa shape index (κ2) is 5.82. The third-order valence-corrected chi connectivity index (χ3v) is 3.34. The number of nitrogens with zero attached hydrogens (tertiary/aromatic N) is 1. The second-order valence-corrected chi connectivity index (χ2v) is 4.66. The topological polar surface area (TPSA) is 46.3 Å². The summed E-state index contributed by atoms with van der Waals surface area (Å²) in [6, 6.07) is 9.99. The number of rotatable bonds is 3. The van der Waals surface area contributed by atoms with Crippen LogP contribution >= 0.6 is 0 Å². The van der Waals surface area contributed by atoms with E-state index in [1.54, 1.807) is 0 Å². The number of amides is 1. The molecule has 0 saturated carbocycles. The molecule has 92 valence electrons. The predicted molar refractivity (Wildman–Crippen MR) is 68.6 cm³/mol. The van der Waals surface area contributed by atoms with Gasteiger partial charge in [0.2, 0.25) is 5.91 Å². The van der Waals surface area contributed by atoms with Gasteiger partial charge < -0.3 is 10.6 Å². The van der Waals surface area contributed by atoms with Gasteiger partial charge in [-0.25, -0.2) is 0 Å². The molecule has 1 atom stereocenters. The molecule has 0 aromatic heterocycles. The summed E-state index contributed by atoms with van der Waals surface area (Å²) < 4.78 is 0. The van der Waals surface area contributed by atoms with E-state index in [1.165, 1.54) is 5.56 Å². The van der Waals surface area contributed by atoms with Gasteiger partial charge in [0, 0.05) is 13.1 Å². The summed E-state index contributed by atoms with van der Waals surface area (Å²) in [4.78, 5) is 13.9. The maximum atomic E-state index is 12.0. The molecule has 2 N–H and O–H groups in total. The van der Waals surface area contributed by atoms with Gasteiger partial charge in [0.15, 0.2) is 0 Å². The minimum Gasteiger partial charge on any atom is -0.341 e. The molecule has 1 aromatic rings. The second-order valence-electron chi connectivity index (χ2n) is 4.66. The van der Waals surface area contributed by atoms with Gasteiger partial charge in [-0.3, -0.25) is 4.79 Å². The first kappa shape index (κ1) is 12.1. The van der Waals surface area contributed by atoms with E-state index < -0.39 is 0 Å². The van der Waals surface area contributed by atoms with Crippen molar-refractivity contribution in [3.8, 4) is 0 Å². The number of carbonyl (C=O) groups is 1. The maximum Gasteiger partial charge on any atom is 0.239 e. The van der Waals surface area contributed by atoms with Crippen molar-refractivity contribution in [2.45, 2.75) is 31.7 Å². The Balaban J connectivity index is 1.91. The van der Waals surface area contributed by atoms with E-state index in [0.717, 1.165) is 38.8 Å². The lowest BCUT2D eigenvalue weighted by Gasteiger charge is -2.22. The van der Waals surface area contributed by atoms with Gasteiger partial charge in [0.1, 0.15) is 0 Å². The Morgan fingerprint density at radius 2 is 2.00 bits per heavy atom. The largest absolute Gasteiger partial charge is 0.341 e. The van der Waals surface area contributed by atoms with Crippen molar-refractivity contribution in [3.63, 3.8) is 0 Å². The number of likely N-dealkylation sites (tertiary alicyclic amines) is 1. The first-order valence-electron chi connectivity index (χ1n) is 6.35. The number of nitrogens with two attached hydrogens (primary N) is 1. The monoisotopic (exact) mass is 232 g/mol. The molecule has 0 radical (unpaired) electrons. The Morgan fingerprint density at radius 3 is 2.76 bits per heavy atom. The highest BCUT2D eigenvalue weighted by Gasteiger charge is 2.23. The van der Waals surface area contributed by atoms with E-state index in [2.05, 4.69) is 12.1 Å². The van der Waals surface area contributed by atoms with Crippen molar-refractivity contribution < 1.29 is 4.79 Å². The Bertz CT molecular complexity index is 364. The zero-order valence-electron chi connectivity index (χ0n) is 10.1. The minimum absolute atomic E-state index is 0.124. The molecule has 1 heterocycles. The Kier molecular flexibility index (Phi) is 4.15. The van der Waals surface area contributed by atoms with Crippen LogP contribution in [0.15, 0.2) is 30.3 Å². The Morgan fingerprint density at radius 1 is 1.24 bits per heavy atom. The summed E-state index contributed by atoms with van der Waals surface area (Å²) in [7, 11) is 0. The van der Waals surface area contributed by atoms with Crippen LogP contribution in [0.2, 0.25) is 0 Å².